The van der Waals surface area contributed by atoms with Crippen molar-refractivity contribution in [1.29, 1.82) is 0 Å². The van der Waals surface area contributed by atoms with Crippen LogP contribution in [0.15, 0.2) is 0 Å². The van der Waals surface area contributed by atoms with Crippen LogP contribution in [0.3, 0.4) is 0 Å². The third-order valence-electron chi connectivity index (χ3n) is 4.42. The average Bonchev–Trinajstić information content (AvgIpc) is 2.43. The van der Waals surface area contributed by atoms with Gasteiger partial charge in [0.25, 0.3) is 0 Å². The van der Waals surface area contributed by atoms with Gasteiger partial charge < -0.3 is 10.2 Å². The first-order chi connectivity index (χ1) is 8.77. The summed E-state index contributed by atoms with van der Waals surface area (Å²) in [6, 6.07) is 1.57. The maximum atomic E-state index is 3.66. The fourth-order valence-corrected chi connectivity index (χ4v) is 2.88. The normalized spacial score (nSPS) is 22.3. The molecule has 0 aliphatic carbocycles. The molecule has 1 rings (SSSR count). The molecule has 0 amide bonds. The van der Waals surface area contributed by atoms with Crippen LogP contribution in [0.4, 0.5) is 0 Å². The molecule has 0 bridgehead atoms. The second-order valence-corrected chi connectivity index (χ2v) is 5.94. The molecule has 0 aromatic rings. The zero-order valence-electron chi connectivity index (χ0n) is 12.9. The first-order valence-electron chi connectivity index (χ1n) is 8.25. The van der Waals surface area contributed by atoms with Gasteiger partial charge in [0, 0.05) is 12.1 Å². The van der Waals surface area contributed by atoms with Crippen LogP contribution < -0.4 is 5.32 Å². The first kappa shape index (κ1) is 16.0. The summed E-state index contributed by atoms with van der Waals surface area (Å²) in [6.45, 7) is 10.8. The minimum atomic E-state index is 0.760. The fraction of sp³-hybridized carbons (Fsp3) is 1.00. The number of unbranched alkanes of at least 4 members (excludes halogenated alkanes) is 1. The van der Waals surface area contributed by atoms with Gasteiger partial charge in [-0.1, -0.05) is 26.7 Å². The van der Waals surface area contributed by atoms with Gasteiger partial charge in [-0.05, 0) is 65.1 Å². The summed E-state index contributed by atoms with van der Waals surface area (Å²) < 4.78 is 0. The lowest BCUT2D eigenvalue weighted by atomic mass is 10.0. The Bertz CT molecular complexity index is 188. The molecule has 1 heterocycles. The third-order valence-corrected chi connectivity index (χ3v) is 4.42. The Morgan fingerprint density at radius 3 is 2.56 bits per heavy atom. The van der Waals surface area contributed by atoms with Gasteiger partial charge in [0.1, 0.15) is 0 Å². The average molecular weight is 254 g/mol. The molecule has 1 N–H and O–H groups in total. The van der Waals surface area contributed by atoms with Crippen molar-refractivity contribution in [2.45, 2.75) is 84.2 Å². The lowest BCUT2D eigenvalue weighted by Gasteiger charge is -2.30. The number of hydrogen-bond donors (Lipinski definition) is 1. The van der Waals surface area contributed by atoms with Crippen molar-refractivity contribution in [3.63, 3.8) is 0 Å². The molecule has 2 atom stereocenters. The topological polar surface area (TPSA) is 15.3 Å². The number of rotatable bonds is 9. The maximum absolute atomic E-state index is 3.66. The van der Waals surface area contributed by atoms with Gasteiger partial charge in [0.05, 0.1) is 0 Å². The van der Waals surface area contributed by atoms with E-state index in [2.05, 4.69) is 31.0 Å². The number of hydrogen-bond acceptors (Lipinski definition) is 2. The van der Waals surface area contributed by atoms with Crippen molar-refractivity contribution in [3.8, 4) is 0 Å². The number of nitrogens with zero attached hydrogens (tertiary/aromatic N) is 1. The minimum absolute atomic E-state index is 0.760. The summed E-state index contributed by atoms with van der Waals surface area (Å²) >= 11 is 0. The highest BCUT2D eigenvalue weighted by atomic mass is 15.1. The number of piperidine rings is 1. The monoisotopic (exact) mass is 254 g/mol. The van der Waals surface area contributed by atoms with E-state index < -0.39 is 0 Å². The van der Waals surface area contributed by atoms with Gasteiger partial charge in [0.2, 0.25) is 0 Å². The van der Waals surface area contributed by atoms with E-state index >= 15 is 0 Å². The van der Waals surface area contributed by atoms with E-state index in [1.807, 2.05) is 0 Å². The molecule has 18 heavy (non-hydrogen) atoms. The number of nitrogens with one attached hydrogen (secondary N) is 1. The largest absolute Gasteiger partial charge is 0.314 e. The predicted molar refractivity (Wildman–Crippen MR) is 81.1 cm³/mol. The van der Waals surface area contributed by atoms with E-state index in [9.17, 15) is 0 Å². The van der Waals surface area contributed by atoms with E-state index in [4.69, 9.17) is 0 Å². The summed E-state index contributed by atoms with van der Waals surface area (Å²) in [6.07, 6.45) is 10.9. The Morgan fingerprint density at radius 1 is 1.17 bits per heavy atom. The van der Waals surface area contributed by atoms with Crippen molar-refractivity contribution in [1.82, 2.24) is 10.2 Å². The van der Waals surface area contributed by atoms with Crippen LogP contribution in [-0.2, 0) is 0 Å². The second-order valence-electron chi connectivity index (χ2n) is 5.94. The molecule has 0 aromatic carbocycles. The molecule has 1 saturated heterocycles. The molecular weight excluding hydrogens is 220 g/mol. The highest BCUT2D eigenvalue weighted by molar-refractivity contribution is 4.73. The lowest BCUT2D eigenvalue weighted by molar-refractivity contribution is 0.192. The Kier molecular flexibility index (Phi) is 8.70. The molecule has 1 aliphatic heterocycles. The Labute approximate surface area is 115 Å². The highest BCUT2D eigenvalue weighted by Gasteiger charge is 2.14. The Balaban J connectivity index is 2.18. The summed E-state index contributed by atoms with van der Waals surface area (Å²) in [5.41, 5.74) is 0. The molecule has 2 unspecified atom stereocenters. The van der Waals surface area contributed by atoms with Gasteiger partial charge in [-0.25, -0.2) is 0 Å². The van der Waals surface area contributed by atoms with E-state index in [0.29, 0.717) is 0 Å². The van der Waals surface area contributed by atoms with Crippen LogP contribution in [0, 0.1) is 0 Å². The smallest absolute Gasteiger partial charge is 0.00675 e. The summed E-state index contributed by atoms with van der Waals surface area (Å²) in [4.78, 5) is 2.70. The lowest BCUT2D eigenvalue weighted by Crippen LogP contribution is -2.37. The van der Waals surface area contributed by atoms with Gasteiger partial charge in [-0.3, -0.25) is 0 Å². The van der Waals surface area contributed by atoms with E-state index in [0.717, 1.165) is 12.1 Å². The summed E-state index contributed by atoms with van der Waals surface area (Å²) in [5, 5.41) is 3.66. The van der Waals surface area contributed by atoms with E-state index in [1.165, 1.54) is 71.0 Å². The third kappa shape index (κ3) is 6.19. The standard InChI is InChI=1S/C16H34N2/c1-4-6-13-18(15(3)5-2)14-9-11-16-10-7-8-12-17-16/h15-17H,4-14H2,1-3H3. The van der Waals surface area contributed by atoms with Crippen molar-refractivity contribution >= 4 is 0 Å². The minimum Gasteiger partial charge on any atom is -0.314 e. The Hall–Kier alpha value is -0.0800. The Morgan fingerprint density at radius 2 is 1.94 bits per heavy atom. The van der Waals surface area contributed by atoms with Crippen molar-refractivity contribution < 1.29 is 0 Å². The van der Waals surface area contributed by atoms with Gasteiger partial charge in [0.15, 0.2) is 0 Å². The first-order valence-corrected chi connectivity index (χ1v) is 8.25. The van der Waals surface area contributed by atoms with Gasteiger partial charge in [-0.2, -0.15) is 0 Å². The van der Waals surface area contributed by atoms with Crippen LogP contribution in [0.5, 0.6) is 0 Å². The molecule has 0 radical (unpaired) electrons. The highest BCUT2D eigenvalue weighted by Crippen LogP contribution is 2.13. The summed E-state index contributed by atoms with van der Waals surface area (Å²) in [7, 11) is 0. The molecule has 1 aliphatic rings. The predicted octanol–water partition coefficient (Wildman–Crippen LogP) is 3.81. The molecule has 0 aromatic heterocycles. The molecule has 2 heteroatoms. The molecule has 2 nitrogen and oxygen atoms in total. The van der Waals surface area contributed by atoms with E-state index in [1.54, 1.807) is 0 Å². The van der Waals surface area contributed by atoms with Crippen LogP contribution in [0.1, 0.15) is 72.1 Å². The van der Waals surface area contributed by atoms with Crippen LogP contribution in [-0.4, -0.2) is 36.6 Å². The quantitative estimate of drug-likeness (QED) is 0.673. The van der Waals surface area contributed by atoms with Crippen molar-refractivity contribution in [2.75, 3.05) is 19.6 Å². The summed E-state index contributed by atoms with van der Waals surface area (Å²) in [5.74, 6) is 0. The molecule has 1 fully saturated rings. The molecule has 0 spiro atoms. The van der Waals surface area contributed by atoms with Crippen molar-refractivity contribution in [3.05, 3.63) is 0 Å². The SMILES string of the molecule is CCCCN(CCCC1CCCCN1)C(C)CC. The van der Waals surface area contributed by atoms with Crippen molar-refractivity contribution in [2.24, 2.45) is 0 Å². The zero-order valence-corrected chi connectivity index (χ0v) is 12.9. The zero-order chi connectivity index (χ0) is 13.2. The molecule has 0 saturated carbocycles. The second kappa shape index (κ2) is 9.80. The molecule has 108 valence electrons. The van der Waals surface area contributed by atoms with Gasteiger partial charge >= 0.3 is 0 Å². The van der Waals surface area contributed by atoms with E-state index in [-0.39, 0.29) is 0 Å². The van der Waals surface area contributed by atoms with Gasteiger partial charge in [-0.15, -0.1) is 0 Å². The van der Waals surface area contributed by atoms with Crippen LogP contribution in [0.25, 0.3) is 0 Å². The maximum Gasteiger partial charge on any atom is 0.00675 e. The fourth-order valence-electron chi connectivity index (χ4n) is 2.88. The molecular formula is C16H34N2. The van der Waals surface area contributed by atoms with Crippen LogP contribution >= 0.6 is 0 Å². The van der Waals surface area contributed by atoms with Crippen LogP contribution in [0.2, 0.25) is 0 Å².